The third-order valence-corrected chi connectivity index (χ3v) is 5.05. The highest BCUT2D eigenvalue weighted by atomic mass is 35.5. The van der Waals surface area contributed by atoms with Gasteiger partial charge in [0.15, 0.2) is 0 Å². The molecule has 0 bridgehead atoms. The van der Waals surface area contributed by atoms with Crippen molar-refractivity contribution in [2.45, 2.75) is 31.7 Å². The normalized spacial score (nSPS) is 20.1. The van der Waals surface area contributed by atoms with Crippen molar-refractivity contribution in [3.05, 3.63) is 52.4 Å². The molecule has 0 aliphatic heterocycles. The van der Waals surface area contributed by atoms with Gasteiger partial charge in [0.25, 0.3) is 5.91 Å². The molecule has 1 aliphatic rings. The highest BCUT2D eigenvalue weighted by Crippen LogP contribution is 2.26. The van der Waals surface area contributed by atoms with Crippen LogP contribution in [0.25, 0.3) is 0 Å². The SMILES string of the molecule is O=C(NC1CCC(CNc2cnccn2)CC1)c1cc(Cl)ccc1Cl. The van der Waals surface area contributed by atoms with Crippen LogP contribution in [-0.4, -0.2) is 28.5 Å². The average Bonchev–Trinajstić information content (AvgIpc) is 2.64. The molecule has 3 rings (SSSR count). The van der Waals surface area contributed by atoms with E-state index in [0.29, 0.717) is 21.5 Å². The molecule has 0 atom stereocenters. The van der Waals surface area contributed by atoms with Crippen LogP contribution >= 0.6 is 23.2 Å². The number of benzene rings is 1. The summed E-state index contributed by atoms with van der Waals surface area (Å²) in [6.45, 7) is 0.874. The molecule has 0 spiro atoms. The second-order valence-electron chi connectivity index (χ2n) is 6.29. The molecule has 0 saturated heterocycles. The minimum Gasteiger partial charge on any atom is -0.369 e. The van der Waals surface area contributed by atoms with Crippen molar-refractivity contribution >= 4 is 34.9 Å². The molecule has 5 nitrogen and oxygen atoms in total. The number of halogens is 2. The van der Waals surface area contributed by atoms with Crippen LogP contribution < -0.4 is 10.6 Å². The number of nitrogens with one attached hydrogen (secondary N) is 2. The lowest BCUT2D eigenvalue weighted by Crippen LogP contribution is -2.38. The summed E-state index contributed by atoms with van der Waals surface area (Å²) >= 11 is 12.0. The zero-order valence-electron chi connectivity index (χ0n) is 13.7. The number of carbonyl (C=O) groups excluding carboxylic acids is 1. The summed E-state index contributed by atoms with van der Waals surface area (Å²) < 4.78 is 0. The first-order valence-corrected chi connectivity index (χ1v) is 9.13. The third-order valence-electron chi connectivity index (χ3n) is 4.49. The third kappa shape index (κ3) is 5.06. The molecule has 1 fully saturated rings. The molecule has 2 N–H and O–H groups in total. The standard InChI is InChI=1S/C18H20Cl2N4O/c19-13-3-6-16(20)15(9-13)18(25)24-14-4-1-12(2-5-14)10-23-17-11-21-7-8-22-17/h3,6-9,11-12,14H,1-2,4-5,10H2,(H,22,23)(H,24,25). The van der Waals surface area contributed by atoms with E-state index in [1.165, 1.54) is 0 Å². The highest BCUT2D eigenvalue weighted by Gasteiger charge is 2.23. The molecule has 1 aromatic carbocycles. The van der Waals surface area contributed by atoms with Crippen molar-refractivity contribution in [1.82, 2.24) is 15.3 Å². The first-order valence-electron chi connectivity index (χ1n) is 8.37. The Balaban J connectivity index is 1.46. The quantitative estimate of drug-likeness (QED) is 0.818. The maximum Gasteiger partial charge on any atom is 0.253 e. The van der Waals surface area contributed by atoms with Gasteiger partial charge in [-0.15, -0.1) is 0 Å². The molecular weight excluding hydrogens is 359 g/mol. The van der Waals surface area contributed by atoms with Gasteiger partial charge in [0.05, 0.1) is 16.8 Å². The van der Waals surface area contributed by atoms with Gasteiger partial charge in [-0.3, -0.25) is 9.78 Å². The van der Waals surface area contributed by atoms with Crippen LogP contribution in [0.2, 0.25) is 10.0 Å². The zero-order valence-corrected chi connectivity index (χ0v) is 15.2. The number of rotatable bonds is 5. The van der Waals surface area contributed by atoms with E-state index in [4.69, 9.17) is 23.2 Å². The second-order valence-corrected chi connectivity index (χ2v) is 7.13. The van der Waals surface area contributed by atoms with Crippen LogP contribution in [0.4, 0.5) is 5.82 Å². The summed E-state index contributed by atoms with van der Waals surface area (Å²) in [5.41, 5.74) is 0.431. The van der Waals surface area contributed by atoms with Gasteiger partial charge >= 0.3 is 0 Å². The van der Waals surface area contributed by atoms with Gasteiger partial charge in [-0.05, 0) is 49.8 Å². The average molecular weight is 379 g/mol. The molecule has 1 saturated carbocycles. The highest BCUT2D eigenvalue weighted by molar-refractivity contribution is 6.35. The first kappa shape index (κ1) is 18.0. The smallest absolute Gasteiger partial charge is 0.253 e. The Morgan fingerprint density at radius 1 is 1.16 bits per heavy atom. The topological polar surface area (TPSA) is 66.9 Å². The van der Waals surface area contributed by atoms with Crippen molar-refractivity contribution in [2.24, 2.45) is 5.92 Å². The number of hydrogen-bond donors (Lipinski definition) is 2. The van der Waals surface area contributed by atoms with Gasteiger partial charge in [0, 0.05) is 30.0 Å². The molecule has 132 valence electrons. The Hall–Kier alpha value is -1.85. The largest absolute Gasteiger partial charge is 0.369 e. The van der Waals surface area contributed by atoms with Gasteiger partial charge in [-0.2, -0.15) is 0 Å². The van der Waals surface area contributed by atoms with Gasteiger partial charge in [-0.1, -0.05) is 23.2 Å². The molecule has 1 aromatic heterocycles. The molecular formula is C18H20Cl2N4O. The number of nitrogens with zero attached hydrogens (tertiary/aromatic N) is 2. The monoisotopic (exact) mass is 378 g/mol. The summed E-state index contributed by atoms with van der Waals surface area (Å²) in [6.07, 6.45) is 9.08. The van der Waals surface area contributed by atoms with E-state index in [1.54, 1.807) is 36.8 Å². The molecule has 7 heteroatoms. The van der Waals surface area contributed by atoms with E-state index in [9.17, 15) is 4.79 Å². The summed E-state index contributed by atoms with van der Waals surface area (Å²) in [5.74, 6) is 1.21. The lowest BCUT2D eigenvalue weighted by Gasteiger charge is -2.29. The minimum atomic E-state index is -0.159. The maximum atomic E-state index is 12.4. The van der Waals surface area contributed by atoms with Crippen molar-refractivity contribution in [1.29, 1.82) is 0 Å². The fourth-order valence-corrected chi connectivity index (χ4v) is 3.46. The van der Waals surface area contributed by atoms with Crippen LogP contribution in [-0.2, 0) is 0 Å². The van der Waals surface area contributed by atoms with Crippen LogP contribution in [0.15, 0.2) is 36.8 Å². The first-order chi connectivity index (χ1) is 12.1. The van der Waals surface area contributed by atoms with E-state index < -0.39 is 0 Å². The molecule has 1 heterocycles. The summed E-state index contributed by atoms with van der Waals surface area (Å²) in [4.78, 5) is 20.7. The van der Waals surface area contributed by atoms with E-state index in [1.807, 2.05) is 0 Å². The van der Waals surface area contributed by atoms with Gasteiger partial charge < -0.3 is 10.6 Å². The lowest BCUT2D eigenvalue weighted by molar-refractivity contribution is 0.0923. The van der Waals surface area contributed by atoms with Crippen molar-refractivity contribution in [3.63, 3.8) is 0 Å². The van der Waals surface area contributed by atoms with E-state index in [0.717, 1.165) is 38.0 Å². The summed E-state index contributed by atoms with van der Waals surface area (Å²) in [6, 6.07) is 5.11. The zero-order chi connectivity index (χ0) is 17.6. The maximum absolute atomic E-state index is 12.4. The summed E-state index contributed by atoms with van der Waals surface area (Å²) in [7, 11) is 0. The molecule has 0 radical (unpaired) electrons. The number of aromatic nitrogens is 2. The van der Waals surface area contributed by atoms with Crippen molar-refractivity contribution < 1.29 is 4.79 Å². The Morgan fingerprint density at radius 3 is 2.68 bits per heavy atom. The molecule has 2 aromatic rings. The van der Waals surface area contributed by atoms with Crippen LogP contribution in [0.5, 0.6) is 0 Å². The fraction of sp³-hybridized carbons (Fsp3) is 0.389. The predicted octanol–water partition coefficient (Wildman–Crippen LogP) is 4.18. The van der Waals surface area contributed by atoms with Crippen molar-refractivity contribution in [3.8, 4) is 0 Å². The second kappa shape index (κ2) is 8.50. The Kier molecular flexibility index (Phi) is 6.10. The number of carbonyl (C=O) groups is 1. The van der Waals surface area contributed by atoms with E-state index in [-0.39, 0.29) is 11.9 Å². The number of amides is 1. The fourth-order valence-electron chi connectivity index (χ4n) is 3.08. The van der Waals surface area contributed by atoms with E-state index >= 15 is 0 Å². The van der Waals surface area contributed by atoms with Crippen molar-refractivity contribution in [2.75, 3.05) is 11.9 Å². The lowest BCUT2D eigenvalue weighted by atomic mass is 9.86. The number of anilines is 1. The Labute approximate surface area is 157 Å². The molecule has 1 amide bonds. The van der Waals surface area contributed by atoms with Gasteiger partial charge in [0.2, 0.25) is 0 Å². The number of hydrogen-bond acceptors (Lipinski definition) is 4. The predicted molar refractivity (Wildman–Crippen MR) is 100 cm³/mol. The molecule has 1 aliphatic carbocycles. The Morgan fingerprint density at radius 2 is 1.96 bits per heavy atom. The molecule has 25 heavy (non-hydrogen) atoms. The van der Waals surface area contributed by atoms with Crippen LogP contribution in [0.3, 0.4) is 0 Å². The summed E-state index contributed by atoms with van der Waals surface area (Å²) in [5, 5.41) is 7.32. The van der Waals surface area contributed by atoms with Gasteiger partial charge in [0.1, 0.15) is 5.82 Å². The van der Waals surface area contributed by atoms with Gasteiger partial charge in [-0.25, -0.2) is 4.98 Å². The Bertz CT molecular complexity index is 718. The molecule has 0 unspecified atom stereocenters. The van der Waals surface area contributed by atoms with E-state index in [2.05, 4.69) is 20.6 Å². The minimum absolute atomic E-state index is 0.159. The van der Waals surface area contributed by atoms with Crippen LogP contribution in [0.1, 0.15) is 36.0 Å². The van der Waals surface area contributed by atoms with Crippen LogP contribution in [0, 0.1) is 5.92 Å².